The lowest BCUT2D eigenvalue weighted by molar-refractivity contribution is 0.139. The van der Waals surface area contributed by atoms with Gasteiger partial charge in [-0.05, 0) is 68.7 Å². The van der Waals surface area contributed by atoms with Crippen LogP contribution in [0.15, 0.2) is 18.2 Å². The summed E-state index contributed by atoms with van der Waals surface area (Å²) in [5, 5.41) is 0. The predicted molar refractivity (Wildman–Crippen MR) is 87.1 cm³/mol. The third-order valence-corrected chi connectivity index (χ3v) is 4.57. The third-order valence-electron chi connectivity index (χ3n) is 4.57. The zero-order valence-corrected chi connectivity index (χ0v) is 14.1. The second kappa shape index (κ2) is 6.45. The average Bonchev–Trinajstić information content (AvgIpc) is 2.37. The fraction of sp³-hybridized carbons (Fsp3) is 0.667. The van der Waals surface area contributed by atoms with Crippen molar-refractivity contribution in [1.29, 1.82) is 0 Å². The van der Waals surface area contributed by atoms with Crippen LogP contribution in [0.3, 0.4) is 0 Å². The van der Waals surface area contributed by atoms with E-state index < -0.39 is 0 Å². The van der Waals surface area contributed by atoms with Crippen LogP contribution in [-0.4, -0.2) is 43.0 Å². The molecule has 1 saturated heterocycles. The number of likely N-dealkylation sites (tertiary alicyclic amines) is 1. The van der Waals surface area contributed by atoms with Gasteiger partial charge in [0.25, 0.3) is 0 Å². The van der Waals surface area contributed by atoms with Crippen molar-refractivity contribution < 1.29 is 4.39 Å². The van der Waals surface area contributed by atoms with Gasteiger partial charge in [0.1, 0.15) is 5.82 Å². The molecule has 0 amide bonds. The molecular formula is C18H29FN2. The van der Waals surface area contributed by atoms with Gasteiger partial charge in [-0.25, -0.2) is 4.39 Å². The fourth-order valence-electron chi connectivity index (χ4n) is 3.03. The molecule has 1 aromatic carbocycles. The number of nitrogens with zero attached hydrogens (tertiary/aromatic N) is 2. The Hall–Kier alpha value is -0.930. The summed E-state index contributed by atoms with van der Waals surface area (Å²) >= 11 is 0. The molecule has 21 heavy (non-hydrogen) atoms. The highest BCUT2D eigenvalue weighted by Crippen LogP contribution is 2.25. The van der Waals surface area contributed by atoms with E-state index >= 15 is 0 Å². The molecule has 0 spiro atoms. The van der Waals surface area contributed by atoms with Gasteiger partial charge in [0.05, 0.1) is 0 Å². The highest BCUT2D eigenvalue weighted by molar-refractivity contribution is 5.29. The largest absolute Gasteiger partial charge is 0.306 e. The van der Waals surface area contributed by atoms with Gasteiger partial charge in [0.2, 0.25) is 0 Å². The summed E-state index contributed by atoms with van der Waals surface area (Å²) in [7, 11) is 4.34. The van der Waals surface area contributed by atoms with Crippen molar-refractivity contribution in [2.24, 2.45) is 0 Å². The maximum atomic E-state index is 13.9. The summed E-state index contributed by atoms with van der Waals surface area (Å²) in [5.74, 6) is -0.116. The maximum absolute atomic E-state index is 13.9. The van der Waals surface area contributed by atoms with Crippen LogP contribution in [0.25, 0.3) is 0 Å². The molecule has 1 heterocycles. The van der Waals surface area contributed by atoms with Gasteiger partial charge in [0, 0.05) is 12.6 Å². The molecule has 3 heteroatoms. The minimum Gasteiger partial charge on any atom is -0.306 e. The molecule has 0 unspecified atom stereocenters. The molecule has 0 aromatic heterocycles. The number of piperidine rings is 1. The Labute approximate surface area is 128 Å². The van der Waals surface area contributed by atoms with E-state index in [2.05, 4.69) is 50.7 Å². The Morgan fingerprint density at radius 2 is 1.81 bits per heavy atom. The molecule has 0 N–H and O–H groups in total. The first-order chi connectivity index (χ1) is 9.75. The zero-order valence-electron chi connectivity index (χ0n) is 14.1. The number of hydrogen-bond donors (Lipinski definition) is 0. The standard InChI is InChI=1S/C18H29FN2/c1-18(2,3)15-10-14(11-16(19)12-15)13-21(5)17-6-8-20(4)9-7-17/h10-12,17H,6-9,13H2,1-5H3. The summed E-state index contributed by atoms with van der Waals surface area (Å²) in [4.78, 5) is 4.76. The van der Waals surface area contributed by atoms with Crippen LogP contribution in [0, 0.1) is 5.82 Å². The van der Waals surface area contributed by atoms with E-state index in [1.807, 2.05) is 0 Å². The van der Waals surface area contributed by atoms with Crippen LogP contribution in [0.1, 0.15) is 44.7 Å². The van der Waals surface area contributed by atoms with Gasteiger partial charge in [0.15, 0.2) is 0 Å². The number of benzene rings is 1. The average molecular weight is 292 g/mol. The third kappa shape index (κ3) is 4.52. The molecule has 0 saturated carbocycles. The second-order valence-corrected chi connectivity index (χ2v) is 7.55. The van der Waals surface area contributed by atoms with E-state index in [4.69, 9.17) is 0 Å². The summed E-state index contributed by atoms with van der Waals surface area (Å²) in [6.07, 6.45) is 2.41. The van der Waals surface area contributed by atoms with Gasteiger partial charge in [-0.1, -0.05) is 26.8 Å². The number of hydrogen-bond acceptors (Lipinski definition) is 2. The Kier molecular flexibility index (Phi) is 5.05. The van der Waals surface area contributed by atoms with Crippen LogP contribution in [0.4, 0.5) is 4.39 Å². The monoisotopic (exact) mass is 292 g/mol. The zero-order chi connectivity index (χ0) is 15.6. The Morgan fingerprint density at radius 1 is 1.19 bits per heavy atom. The topological polar surface area (TPSA) is 6.48 Å². The van der Waals surface area contributed by atoms with Crippen LogP contribution < -0.4 is 0 Å². The minimum absolute atomic E-state index is 0.0109. The van der Waals surface area contributed by atoms with Gasteiger partial charge in [-0.15, -0.1) is 0 Å². The van der Waals surface area contributed by atoms with Crippen molar-refractivity contribution >= 4 is 0 Å². The maximum Gasteiger partial charge on any atom is 0.123 e. The van der Waals surface area contributed by atoms with Crippen molar-refractivity contribution in [3.05, 3.63) is 35.1 Å². The molecular weight excluding hydrogens is 263 g/mol. The fourth-order valence-corrected chi connectivity index (χ4v) is 3.03. The molecule has 0 radical (unpaired) electrons. The van der Waals surface area contributed by atoms with Crippen molar-refractivity contribution in [2.45, 2.75) is 51.6 Å². The molecule has 2 nitrogen and oxygen atoms in total. The van der Waals surface area contributed by atoms with Gasteiger partial charge in [-0.2, -0.15) is 0 Å². The van der Waals surface area contributed by atoms with Crippen LogP contribution in [-0.2, 0) is 12.0 Å². The Balaban J connectivity index is 2.07. The molecule has 1 aliphatic rings. The first-order valence-corrected chi connectivity index (χ1v) is 7.94. The first-order valence-electron chi connectivity index (χ1n) is 7.94. The van der Waals surface area contributed by atoms with Crippen LogP contribution in [0.2, 0.25) is 0 Å². The van der Waals surface area contributed by atoms with Crippen LogP contribution in [0.5, 0.6) is 0 Å². The quantitative estimate of drug-likeness (QED) is 0.839. The van der Waals surface area contributed by atoms with Gasteiger partial charge in [-0.3, -0.25) is 4.90 Å². The highest BCUT2D eigenvalue weighted by atomic mass is 19.1. The summed E-state index contributed by atoms with van der Waals surface area (Å²) in [6.45, 7) is 9.54. The highest BCUT2D eigenvalue weighted by Gasteiger charge is 2.21. The molecule has 0 aliphatic carbocycles. The molecule has 1 aliphatic heterocycles. The normalized spacial score (nSPS) is 18.4. The number of rotatable bonds is 3. The van der Waals surface area contributed by atoms with E-state index in [9.17, 15) is 4.39 Å². The van der Waals surface area contributed by atoms with Crippen molar-refractivity contribution in [2.75, 3.05) is 27.2 Å². The van der Waals surface area contributed by atoms with Gasteiger partial charge >= 0.3 is 0 Å². The molecule has 1 aromatic rings. The molecule has 118 valence electrons. The van der Waals surface area contributed by atoms with Crippen molar-refractivity contribution in [1.82, 2.24) is 9.80 Å². The van der Waals surface area contributed by atoms with E-state index in [0.29, 0.717) is 6.04 Å². The summed E-state index contributed by atoms with van der Waals surface area (Å²) in [5.41, 5.74) is 2.15. The lowest BCUT2D eigenvalue weighted by Crippen LogP contribution is -2.41. The van der Waals surface area contributed by atoms with Crippen LogP contribution >= 0.6 is 0 Å². The van der Waals surface area contributed by atoms with Crippen molar-refractivity contribution in [3.63, 3.8) is 0 Å². The Morgan fingerprint density at radius 3 is 2.38 bits per heavy atom. The summed E-state index contributed by atoms with van der Waals surface area (Å²) in [6, 6.07) is 6.12. The summed E-state index contributed by atoms with van der Waals surface area (Å²) < 4.78 is 13.9. The Bertz CT molecular complexity index is 471. The lowest BCUT2D eigenvalue weighted by atomic mass is 9.86. The SMILES string of the molecule is CN1CCC(N(C)Cc2cc(F)cc(C(C)(C)C)c2)CC1. The molecule has 0 bridgehead atoms. The van der Waals surface area contributed by atoms with E-state index in [0.717, 1.165) is 30.8 Å². The minimum atomic E-state index is -0.116. The van der Waals surface area contributed by atoms with E-state index in [1.54, 1.807) is 12.1 Å². The first kappa shape index (κ1) is 16.4. The predicted octanol–water partition coefficient (Wildman–Crippen LogP) is 3.65. The lowest BCUT2D eigenvalue weighted by Gasteiger charge is -2.35. The molecule has 0 atom stereocenters. The van der Waals surface area contributed by atoms with E-state index in [1.165, 1.54) is 12.8 Å². The molecule has 1 fully saturated rings. The van der Waals surface area contributed by atoms with Crippen molar-refractivity contribution in [3.8, 4) is 0 Å². The van der Waals surface area contributed by atoms with Gasteiger partial charge < -0.3 is 4.90 Å². The smallest absolute Gasteiger partial charge is 0.123 e. The second-order valence-electron chi connectivity index (χ2n) is 7.55. The molecule has 2 rings (SSSR count). The number of halogens is 1. The van der Waals surface area contributed by atoms with E-state index in [-0.39, 0.29) is 11.2 Å².